The van der Waals surface area contributed by atoms with Crippen LogP contribution in [0.3, 0.4) is 0 Å². The highest BCUT2D eigenvalue weighted by Gasteiger charge is 2.43. The number of pyridine rings is 1. The van der Waals surface area contributed by atoms with Crippen molar-refractivity contribution in [3.05, 3.63) is 36.5 Å². The minimum atomic E-state index is -1.03. The Hall–Kier alpha value is -3.09. The highest BCUT2D eigenvalue weighted by atomic mass is 19.1. The van der Waals surface area contributed by atoms with E-state index in [-0.39, 0.29) is 12.3 Å². The van der Waals surface area contributed by atoms with Crippen LogP contribution < -0.4 is 14.8 Å². The van der Waals surface area contributed by atoms with E-state index in [1.807, 2.05) is 35.9 Å². The fraction of sp³-hybridized carbons (Fsp3) is 0.300. The number of nitrogens with one attached hydrogen (secondary N) is 1. The molecule has 4 rings (SSSR count). The summed E-state index contributed by atoms with van der Waals surface area (Å²) in [5.74, 6) is 0.938. The van der Waals surface area contributed by atoms with E-state index >= 15 is 0 Å². The number of fused-ring (bicyclic) bond motifs is 1. The molecule has 1 aliphatic carbocycles. The predicted molar refractivity (Wildman–Crippen MR) is 101 cm³/mol. The van der Waals surface area contributed by atoms with Crippen LogP contribution in [0.1, 0.15) is 6.42 Å². The van der Waals surface area contributed by atoms with Gasteiger partial charge >= 0.3 is 0 Å². The summed E-state index contributed by atoms with van der Waals surface area (Å²) in [6, 6.07) is 9.40. The molecule has 1 aliphatic rings. The van der Waals surface area contributed by atoms with Gasteiger partial charge in [0.1, 0.15) is 23.5 Å². The lowest BCUT2D eigenvalue weighted by molar-refractivity contribution is -0.117. The van der Waals surface area contributed by atoms with Crippen LogP contribution in [0, 0.1) is 5.92 Å². The van der Waals surface area contributed by atoms with Crippen LogP contribution in [0.15, 0.2) is 36.5 Å². The minimum Gasteiger partial charge on any atom is -0.496 e. The Labute approximate surface area is 155 Å². The number of methoxy groups -OCH3 is 2. The molecule has 0 radical (unpaired) electrons. The van der Waals surface area contributed by atoms with Crippen LogP contribution >= 0.6 is 0 Å². The van der Waals surface area contributed by atoms with Crippen molar-refractivity contribution in [2.24, 2.45) is 13.0 Å². The lowest BCUT2D eigenvalue weighted by Gasteiger charge is -2.13. The SMILES string of the molecule is COc1cccc(OC)c1-c1cc2cc(NC(=O)[C@@H]3C[C@@H]3F)ncc2n1C. The summed E-state index contributed by atoms with van der Waals surface area (Å²) in [4.78, 5) is 16.2. The Balaban J connectivity index is 1.75. The van der Waals surface area contributed by atoms with Crippen molar-refractivity contribution in [3.8, 4) is 22.8 Å². The summed E-state index contributed by atoms with van der Waals surface area (Å²) in [6.45, 7) is 0. The van der Waals surface area contributed by atoms with Crippen molar-refractivity contribution in [1.29, 1.82) is 0 Å². The molecule has 0 spiro atoms. The first-order chi connectivity index (χ1) is 13.0. The third kappa shape index (κ3) is 2.99. The third-order valence-corrected chi connectivity index (χ3v) is 4.91. The van der Waals surface area contributed by atoms with Crippen LogP contribution in [-0.4, -0.2) is 35.8 Å². The van der Waals surface area contributed by atoms with E-state index in [1.54, 1.807) is 26.5 Å². The van der Waals surface area contributed by atoms with Crippen LogP contribution in [0.5, 0.6) is 11.5 Å². The molecule has 27 heavy (non-hydrogen) atoms. The number of anilines is 1. The molecule has 7 heteroatoms. The summed E-state index contributed by atoms with van der Waals surface area (Å²) < 4.78 is 26.1. The van der Waals surface area contributed by atoms with Crippen molar-refractivity contribution in [2.75, 3.05) is 19.5 Å². The molecule has 0 unspecified atom stereocenters. The van der Waals surface area contributed by atoms with Gasteiger partial charge in [0.05, 0.1) is 43.1 Å². The normalized spacial score (nSPS) is 18.4. The molecule has 0 bridgehead atoms. The lowest BCUT2D eigenvalue weighted by atomic mass is 10.1. The highest BCUT2D eigenvalue weighted by Crippen LogP contribution is 2.40. The Morgan fingerprint density at radius 1 is 1.26 bits per heavy atom. The van der Waals surface area contributed by atoms with Crippen LogP contribution in [-0.2, 0) is 11.8 Å². The maximum Gasteiger partial charge on any atom is 0.231 e. The summed E-state index contributed by atoms with van der Waals surface area (Å²) in [7, 11) is 5.17. The number of benzene rings is 1. The van der Waals surface area contributed by atoms with Gasteiger partial charge in [-0.3, -0.25) is 4.79 Å². The van der Waals surface area contributed by atoms with Gasteiger partial charge in [-0.05, 0) is 30.7 Å². The number of halogens is 1. The molecule has 1 amide bonds. The van der Waals surface area contributed by atoms with Gasteiger partial charge in [-0.25, -0.2) is 9.37 Å². The average molecular weight is 369 g/mol. The van der Waals surface area contributed by atoms with E-state index in [0.717, 1.165) is 22.2 Å². The summed E-state index contributed by atoms with van der Waals surface area (Å²) >= 11 is 0. The molecule has 0 aliphatic heterocycles. The first kappa shape index (κ1) is 17.3. The van der Waals surface area contributed by atoms with E-state index in [9.17, 15) is 9.18 Å². The summed E-state index contributed by atoms with van der Waals surface area (Å²) in [5.41, 5.74) is 2.63. The fourth-order valence-electron chi connectivity index (χ4n) is 3.30. The van der Waals surface area contributed by atoms with E-state index in [4.69, 9.17) is 9.47 Å². The Kier molecular flexibility index (Phi) is 4.22. The monoisotopic (exact) mass is 369 g/mol. The molecule has 2 heterocycles. The number of aryl methyl sites for hydroxylation is 1. The lowest BCUT2D eigenvalue weighted by Crippen LogP contribution is -2.15. The zero-order chi connectivity index (χ0) is 19.1. The predicted octanol–water partition coefficient (Wildman–Crippen LogP) is 3.55. The molecule has 1 fully saturated rings. The van der Waals surface area contributed by atoms with E-state index in [2.05, 4.69) is 10.3 Å². The van der Waals surface area contributed by atoms with Gasteiger partial charge in [-0.15, -0.1) is 0 Å². The molecule has 6 nitrogen and oxygen atoms in total. The number of nitrogens with zero attached hydrogens (tertiary/aromatic N) is 2. The molecule has 1 aromatic carbocycles. The Morgan fingerprint density at radius 3 is 2.52 bits per heavy atom. The molecule has 140 valence electrons. The number of carbonyl (C=O) groups is 1. The van der Waals surface area contributed by atoms with Gasteiger partial charge in [0.2, 0.25) is 5.91 Å². The van der Waals surface area contributed by atoms with Crippen molar-refractivity contribution in [3.63, 3.8) is 0 Å². The number of hydrogen-bond donors (Lipinski definition) is 1. The number of ether oxygens (including phenoxy) is 2. The largest absolute Gasteiger partial charge is 0.496 e. The topological polar surface area (TPSA) is 65.4 Å². The average Bonchev–Trinajstić information content (AvgIpc) is 3.33. The number of hydrogen-bond acceptors (Lipinski definition) is 4. The maximum absolute atomic E-state index is 13.1. The summed E-state index contributed by atoms with van der Waals surface area (Å²) in [6.07, 6.45) is 0.947. The number of carbonyl (C=O) groups excluding carboxylic acids is 1. The van der Waals surface area contributed by atoms with Crippen LogP contribution in [0.2, 0.25) is 0 Å². The molecule has 2 atom stereocenters. The second-order valence-electron chi connectivity index (χ2n) is 6.60. The third-order valence-electron chi connectivity index (χ3n) is 4.91. The molecule has 1 N–H and O–H groups in total. The molecular formula is C20H20FN3O3. The molecule has 3 aromatic rings. The van der Waals surface area contributed by atoms with Crippen LogP contribution in [0.4, 0.5) is 10.2 Å². The Bertz CT molecular complexity index is 1010. The standard InChI is InChI=1S/C20H20FN3O3/c1-24-14(19-16(26-2)5-4-6-17(19)27-3)7-11-8-18(22-10-15(11)24)23-20(25)12-9-13(12)21/h4-8,10,12-13H,9H2,1-3H3,(H,22,23,25)/t12-,13+/m1/s1. The van der Waals surface area contributed by atoms with Crippen molar-refractivity contribution in [2.45, 2.75) is 12.6 Å². The number of amides is 1. The number of aromatic nitrogens is 2. The first-order valence-electron chi connectivity index (χ1n) is 8.65. The van der Waals surface area contributed by atoms with Gasteiger partial charge in [0, 0.05) is 12.4 Å². The van der Waals surface area contributed by atoms with Gasteiger partial charge in [0.15, 0.2) is 0 Å². The molecule has 0 saturated heterocycles. The zero-order valence-corrected chi connectivity index (χ0v) is 15.3. The van der Waals surface area contributed by atoms with E-state index in [0.29, 0.717) is 17.3 Å². The van der Waals surface area contributed by atoms with Gasteiger partial charge < -0.3 is 19.4 Å². The molecule has 1 saturated carbocycles. The van der Waals surface area contributed by atoms with E-state index < -0.39 is 12.1 Å². The van der Waals surface area contributed by atoms with E-state index in [1.165, 1.54) is 0 Å². The second-order valence-corrected chi connectivity index (χ2v) is 6.60. The number of rotatable bonds is 5. The van der Waals surface area contributed by atoms with Crippen molar-refractivity contribution in [1.82, 2.24) is 9.55 Å². The van der Waals surface area contributed by atoms with Crippen molar-refractivity contribution < 1.29 is 18.7 Å². The Morgan fingerprint density at radius 2 is 1.93 bits per heavy atom. The van der Waals surface area contributed by atoms with Crippen molar-refractivity contribution >= 4 is 22.6 Å². The summed E-state index contributed by atoms with van der Waals surface area (Å²) in [5, 5.41) is 3.59. The zero-order valence-electron chi connectivity index (χ0n) is 15.3. The van der Waals surface area contributed by atoms with Gasteiger partial charge in [0.25, 0.3) is 0 Å². The number of alkyl halides is 1. The molecule has 2 aromatic heterocycles. The minimum absolute atomic E-state index is 0.289. The fourth-order valence-corrected chi connectivity index (χ4v) is 3.30. The van der Waals surface area contributed by atoms with Crippen LogP contribution in [0.25, 0.3) is 22.2 Å². The quantitative estimate of drug-likeness (QED) is 0.747. The second kappa shape index (κ2) is 6.57. The van der Waals surface area contributed by atoms with Gasteiger partial charge in [-0.2, -0.15) is 0 Å². The maximum atomic E-state index is 13.1. The first-order valence-corrected chi connectivity index (χ1v) is 8.65. The smallest absolute Gasteiger partial charge is 0.231 e. The molecular weight excluding hydrogens is 349 g/mol. The van der Waals surface area contributed by atoms with Gasteiger partial charge in [-0.1, -0.05) is 6.07 Å². The highest BCUT2D eigenvalue weighted by molar-refractivity contribution is 5.97.